The van der Waals surface area contributed by atoms with E-state index < -0.39 is 6.43 Å². The summed E-state index contributed by atoms with van der Waals surface area (Å²) in [4.78, 5) is 15.8. The lowest BCUT2D eigenvalue weighted by Gasteiger charge is -2.19. The van der Waals surface area contributed by atoms with E-state index in [-0.39, 0.29) is 22.5 Å². The van der Waals surface area contributed by atoms with Gasteiger partial charge >= 0.3 is 0 Å². The Morgan fingerprint density at radius 2 is 2.07 bits per heavy atom. The summed E-state index contributed by atoms with van der Waals surface area (Å²) in [6, 6.07) is 4.88. The van der Waals surface area contributed by atoms with E-state index in [1.165, 1.54) is 6.08 Å². The fourth-order valence-electron chi connectivity index (χ4n) is 2.72. The molecule has 0 radical (unpaired) electrons. The van der Waals surface area contributed by atoms with Gasteiger partial charge in [0.15, 0.2) is 0 Å². The molecule has 1 saturated carbocycles. The molecule has 0 bridgehead atoms. The van der Waals surface area contributed by atoms with E-state index in [1.807, 2.05) is 6.92 Å². The van der Waals surface area contributed by atoms with Gasteiger partial charge in [0, 0.05) is 6.54 Å². The predicted octanol–water partition coefficient (Wildman–Crippen LogP) is 5.94. The Morgan fingerprint density at radius 3 is 2.67 bits per heavy atom. The van der Waals surface area contributed by atoms with Gasteiger partial charge in [-0.1, -0.05) is 53.8 Å². The van der Waals surface area contributed by atoms with E-state index in [0.29, 0.717) is 23.0 Å². The number of carbonyl (C=O) groups is 1. The van der Waals surface area contributed by atoms with Gasteiger partial charge in [-0.25, -0.2) is 8.78 Å². The number of benzene rings is 1. The lowest BCUT2D eigenvalue weighted by molar-refractivity contribution is 0.0948. The van der Waals surface area contributed by atoms with E-state index in [1.54, 1.807) is 24.3 Å². The molecule has 3 nitrogen and oxygen atoms in total. The van der Waals surface area contributed by atoms with Gasteiger partial charge in [0.05, 0.1) is 15.6 Å². The average molecular weight is 415 g/mol. The van der Waals surface area contributed by atoms with Crippen LogP contribution in [0.3, 0.4) is 0 Å². The van der Waals surface area contributed by atoms with E-state index in [0.717, 1.165) is 24.8 Å². The molecule has 1 unspecified atom stereocenters. The van der Waals surface area contributed by atoms with Crippen LogP contribution < -0.4 is 5.32 Å². The van der Waals surface area contributed by atoms with Crippen LogP contribution in [0.2, 0.25) is 10.0 Å². The molecule has 1 aliphatic rings. The fraction of sp³-hybridized carbons (Fsp3) is 0.400. The van der Waals surface area contributed by atoms with E-state index in [4.69, 9.17) is 23.2 Å². The number of alkyl halides is 2. The highest BCUT2D eigenvalue weighted by atomic mass is 35.5. The topological polar surface area (TPSA) is 41.5 Å². The third-order valence-corrected chi connectivity index (χ3v) is 5.41. The number of amides is 1. The lowest BCUT2D eigenvalue weighted by Crippen LogP contribution is -2.30. The van der Waals surface area contributed by atoms with Crippen LogP contribution in [0.25, 0.3) is 0 Å². The van der Waals surface area contributed by atoms with Crippen LogP contribution in [0.5, 0.6) is 0 Å². The van der Waals surface area contributed by atoms with Crippen LogP contribution in [-0.4, -0.2) is 25.6 Å². The molecule has 1 aromatic carbocycles. The molecule has 27 heavy (non-hydrogen) atoms. The molecule has 0 heterocycles. The standard InChI is InChI=1S/C20H22Cl2F2N2O/c1-12(6-9-17(25-2)19(23)24)14(10-13-7-8-13)11-26-20(27)15-4-3-5-16(21)18(15)22/h3-6,9,13-14,19H,2,7-8,10-11H2,1H3,(H,26,27)/b12-6+,17-9-. The van der Waals surface area contributed by atoms with Crippen molar-refractivity contribution in [3.05, 3.63) is 57.2 Å². The molecule has 7 heteroatoms. The number of carbonyl (C=O) groups excluding carboxylic acids is 1. The molecule has 0 aliphatic heterocycles. The van der Waals surface area contributed by atoms with Crippen molar-refractivity contribution in [2.24, 2.45) is 16.8 Å². The highest BCUT2D eigenvalue weighted by molar-refractivity contribution is 6.43. The highest BCUT2D eigenvalue weighted by Gasteiger charge is 2.26. The fourth-order valence-corrected chi connectivity index (χ4v) is 3.11. The summed E-state index contributed by atoms with van der Waals surface area (Å²) in [5.74, 6) is 0.341. The Balaban J connectivity index is 2.08. The van der Waals surface area contributed by atoms with Gasteiger partial charge in [-0.3, -0.25) is 9.79 Å². The minimum absolute atomic E-state index is 0.0411. The van der Waals surface area contributed by atoms with Gasteiger partial charge in [0.25, 0.3) is 12.3 Å². The summed E-state index contributed by atoms with van der Waals surface area (Å²) in [7, 11) is 0. The summed E-state index contributed by atoms with van der Waals surface area (Å²) in [5, 5.41) is 3.41. The molecule has 1 fully saturated rings. The second kappa shape index (κ2) is 10.00. The Labute approximate surface area is 168 Å². The normalized spacial score (nSPS) is 16.4. The van der Waals surface area contributed by atoms with E-state index in [9.17, 15) is 13.6 Å². The first kappa shape index (κ1) is 21.6. The monoisotopic (exact) mass is 414 g/mol. The minimum Gasteiger partial charge on any atom is -0.351 e. The van der Waals surface area contributed by atoms with Crippen molar-refractivity contribution in [1.82, 2.24) is 5.32 Å². The zero-order valence-corrected chi connectivity index (χ0v) is 16.5. The molecule has 1 aliphatic carbocycles. The van der Waals surface area contributed by atoms with Crippen molar-refractivity contribution < 1.29 is 13.6 Å². The molecular formula is C20H22Cl2F2N2O. The third-order valence-electron chi connectivity index (χ3n) is 4.59. The van der Waals surface area contributed by atoms with Crippen LogP contribution in [0, 0.1) is 11.8 Å². The first-order valence-corrected chi connectivity index (χ1v) is 9.44. The maximum absolute atomic E-state index is 12.8. The molecule has 2 rings (SSSR count). The number of hydrogen-bond donors (Lipinski definition) is 1. The largest absolute Gasteiger partial charge is 0.351 e. The molecule has 1 N–H and O–H groups in total. The summed E-state index contributed by atoms with van der Waals surface area (Å²) < 4.78 is 25.5. The molecule has 1 aromatic rings. The quantitative estimate of drug-likeness (QED) is 0.394. The second-order valence-electron chi connectivity index (χ2n) is 6.65. The van der Waals surface area contributed by atoms with Crippen molar-refractivity contribution in [2.45, 2.75) is 32.6 Å². The van der Waals surface area contributed by atoms with Crippen molar-refractivity contribution >= 4 is 35.8 Å². The number of allylic oxidation sites excluding steroid dienone is 3. The molecule has 146 valence electrons. The van der Waals surface area contributed by atoms with E-state index in [2.05, 4.69) is 17.0 Å². The highest BCUT2D eigenvalue weighted by Crippen LogP contribution is 2.37. The Kier molecular flexibility index (Phi) is 7.99. The molecule has 1 atom stereocenters. The first-order valence-electron chi connectivity index (χ1n) is 8.69. The zero-order valence-electron chi connectivity index (χ0n) is 15.0. The number of aliphatic imine (C=N–C) groups is 1. The Bertz CT molecular complexity index is 758. The maximum atomic E-state index is 12.8. The summed E-state index contributed by atoms with van der Waals surface area (Å²) in [6.07, 6.45) is 3.45. The van der Waals surface area contributed by atoms with Gasteiger partial charge in [-0.2, -0.15) is 0 Å². The zero-order chi connectivity index (χ0) is 20.0. The van der Waals surface area contributed by atoms with Crippen LogP contribution in [0.1, 0.15) is 36.5 Å². The first-order chi connectivity index (χ1) is 12.8. The van der Waals surface area contributed by atoms with Crippen molar-refractivity contribution in [2.75, 3.05) is 6.54 Å². The SMILES string of the molecule is C=N/C(=C\C=C(/C)C(CNC(=O)c1cccc(Cl)c1Cl)CC1CC1)C(F)F. The van der Waals surface area contributed by atoms with Crippen molar-refractivity contribution in [3.8, 4) is 0 Å². The van der Waals surface area contributed by atoms with Gasteiger partial charge < -0.3 is 5.32 Å². The van der Waals surface area contributed by atoms with Crippen LogP contribution >= 0.6 is 23.2 Å². The maximum Gasteiger partial charge on any atom is 0.280 e. The van der Waals surface area contributed by atoms with Gasteiger partial charge in [-0.15, -0.1) is 0 Å². The Morgan fingerprint density at radius 1 is 1.37 bits per heavy atom. The number of nitrogens with one attached hydrogen (secondary N) is 1. The number of halogens is 4. The van der Waals surface area contributed by atoms with Crippen LogP contribution in [0.15, 0.2) is 46.6 Å². The average Bonchev–Trinajstić information content (AvgIpc) is 3.44. The Hall–Kier alpha value is -1.72. The summed E-state index contributed by atoms with van der Waals surface area (Å²) in [5.41, 5.74) is 0.849. The molecular weight excluding hydrogens is 393 g/mol. The number of hydrogen-bond acceptors (Lipinski definition) is 2. The number of rotatable bonds is 9. The van der Waals surface area contributed by atoms with E-state index >= 15 is 0 Å². The van der Waals surface area contributed by atoms with Crippen LogP contribution in [0.4, 0.5) is 8.78 Å². The van der Waals surface area contributed by atoms with Gasteiger partial charge in [-0.05, 0) is 50.1 Å². The predicted molar refractivity (Wildman–Crippen MR) is 107 cm³/mol. The lowest BCUT2D eigenvalue weighted by atomic mass is 9.93. The third kappa shape index (κ3) is 6.43. The van der Waals surface area contributed by atoms with Crippen molar-refractivity contribution in [3.63, 3.8) is 0 Å². The van der Waals surface area contributed by atoms with Crippen molar-refractivity contribution in [1.29, 1.82) is 0 Å². The summed E-state index contributed by atoms with van der Waals surface area (Å²) >= 11 is 12.0. The number of nitrogens with zero attached hydrogens (tertiary/aromatic N) is 1. The van der Waals surface area contributed by atoms with Crippen LogP contribution in [-0.2, 0) is 0 Å². The molecule has 0 saturated heterocycles. The van der Waals surface area contributed by atoms with Gasteiger partial charge in [0.1, 0.15) is 5.70 Å². The second-order valence-corrected chi connectivity index (χ2v) is 7.43. The molecule has 0 spiro atoms. The molecule has 0 aromatic heterocycles. The molecule has 1 amide bonds. The van der Waals surface area contributed by atoms with Gasteiger partial charge in [0.2, 0.25) is 0 Å². The summed E-state index contributed by atoms with van der Waals surface area (Å²) in [6.45, 7) is 5.42. The minimum atomic E-state index is -2.67. The smallest absolute Gasteiger partial charge is 0.280 e.